The van der Waals surface area contributed by atoms with Crippen molar-refractivity contribution in [1.29, 1.82) is 0 Å². The van der Waals surface area contributed by atoms with E-state index in [1.165, 1.54) is 6.42 Å². The van der Waals surface area contributed by atoms with Gasteiger partial charge in [-0.2, -0.15) is 0 Å². The van der Waals surface area contributed by atoms with Crippen molar-refractivity contribution < 1.29 is 14.3 Å². The molecule has 2 heterocycles. The normalized spacial score (nSPS) is 27.2. The van der Waals surface area contributed by atoms with Crippen molar-refractivity contribution in [1.82, 2.24) is 10.3 Å². The van der Waals surface area contributed by atoms with E-state index in [0.29, 0.717) is 12.0 Å². The standard InChI is InChI=1S/C16H31N3O3/c1-16(2,3)22-15(20)19-9-8-12(11-19)14(18-17)7-6-13-5-4-10-21-13/h12-14,18H,4-11,17H2,1-3H3. The van der Waals surface area contributed by atoms with Crippen LogP contribution in [0.5, 0.6) is 0 Å². The summed E-state index contributed by atoms with van der Waals surface area (Å²) in [4.78, 5) is 13.9. The van der Waals surface area contributed by atoms with Gasteiger partial charge < -0.3 is 14.4 Å². The van der Waals surface area contributed by atoms with Crippen molar-refractivity contribution >= 4 is 6.09 Å². The van der Waals surface area contributed by atoms with Crippen molar-refractivity contribution in [3.05, 3.63) is 0 Å². The largest absolute Gasteiger partial charge is 0.444 e. The van der Waals surface area contributed by atoms with Crippen LogP contribution in [0.25, 0.3) is 0 Å². The highest BCUT2D eigenvalue weighted by molar-refractivity contribution is 5.68. The van der Waals surface area contributed by atoms with E-state index in [1.807, 2.05) is 20.8 Å². The molecule has 0 aromatic rings. The number of hydrogen-bond acceptors (Lipinski definition) is 5. The Hall–Kier alpha value is -0.850. The zero-order valence-electron chi connectivity index (χ0n) is 14.1. The number of ether oxygens (including phenoxy) is 2. The molecule has 6 nitrogen and oxygen atoms in total. The smallest absolute Gasteiger partial charge is 0.410 e. The maximum absolute atomic E-state index is 12.1. The molecular formula is C16H31N3O3. The van der Waals surface area contributed by atoms with Crippen LogP contribution in [0.1, 0.15) is 52.9 Å². The lowest BCUT2D eigenvalue weighted by molar-refractivity contribution is 0.0284. The molecule has 0 saturated carbocycles. The van der Waals surface area contributed by atoms with E-state index >= 15 is 0 Å². The highest BCUT2D eigenvalue weighted by atomic mass is 16.6. The van der Waals surface area contributed by atoms with Gasteiger partial charge in [0.05, 0.1) is 6.10 Å². The van der Waals surface area contributed by atoms with E-state index in [2.05, 4.69) is 5.43 Å². The molecule has 1 amide bonds. The molecule has 3 unspecified atom stereocenters. The highest BCUT2D eigenvalue weighted by Crippen LogP contribution is 2.26. The zero-order chi connectivity index (χ0) is 16.2. The topological polar surface area (TPSA) is 76.8 Å². The lowest BCUT2D eigenvalue weighted by atomic mass is 9.94. The van der Waals surface area contributed by atoms with E-state index in [-0.39, 0.29) is 12.1 Å². The quantitative estimate of drug-likeness (QED) is 0.600. The third kappa shape index (κ3) is 5.11. The summed E-state index contributed by atoms with van der Waals surface area (Å²) < 4.78 is 11.1. The van der Waals surface area contributed by atoms with Crippen LogP contribution >= 0.6 is 0 Å². The molecule has 2 aliphatic rings. The number of nitrogens with two attached hydrogens (primary N) is 1. The van der Waals surface area contributed by atoms with Crippen LogP contribution in [0.4, 0.5) is 4.79 Å². The second-order valence-corrected chi connectivity index (χ2v) is 7.46. The summed E-state index contributed by atoms with van der Waals surface area (Å²) in [7, 11) is 0. The van der Waals surface area contributed by atoms with Crippen LogP contribution in [0.2, 0.25) is 0 Å². The molecule has 3 atom stereocenters. The van der Waals surface area contributed by atoms with Gasteiger partial charge in [-0.25, -0.2) is 4.79 Å². The Kier molecular flexibility index (Phi) is 6.06. The number of likely N-dealkylation sites (tertiary alicyclic amines) is 1. The first-order chi connectivity index (χ1) is 10.4. The lowest BCUT2D eigenvalue weighted by Crippen LogP contribution is -2.43. The van der Waals surface area contributed by atoms with Crippen LogP contribution in [-0.4, -0.2) is 48.4 Å². The Bertz CT molecular complexity index is 364. The average molecular weight is 313 g/mol. The van der Waals surface area contributed by atoms with E-state index in [0.717, 1.165) is 45.4 Å². The molecule has 6 heteroatoms. The molecule has 128 valence electrons. The van der Waals surface area contributed by atoms with Gasteiger partial charge >= 0.3 is 6.09 Å². The first-order valence-corrected chi connectivity index (χ1v) is 8.44. The summed E-state index contributed by atoms with van der Waals surface area (Å²) in [6.45, 7) is 8.03. The highest BCUT2D eigenvalue weighted by Gasteiger charge is 2.34. The lowest BCUT2D eigenvalue weighted by Gasteiger charge is -2.26. The summed E-state index contributed by atoms with van der Waals surface area (Å²) in [6.07, 6.45) is 5.50. The summed E-state index contributed by atoms with van der Waals surface area (Å²) in [6, 6.07) is 0.233. The van der Waals surface area contributed by atoms with E-state index in [1.54, 1.807) is 4.90 Å². The molecule has 2 saturated heterocycles. The van der Waals surface area contributed by atoms with Crippen molar-refractivity contribution in [3.8, 4) is 0 Å². The minimum absolute atomic E-state index is 0.218. The average Bonchev–Trinajstić information content (AvgIpc) is 3.08. The minimum atomic E-state index is -0.444. The maximum atomic E-state index is 12.1. The van der Waals surface area contributed by atoms with E-state index in [9.17, 15) is 4.79 Å². The Morgan fingerprint density at radius 2 is 2.23 bits per heavy atom. The zero-order valence-corrected chi connectivity index (χ0v) is 14.1. The fourth-order valence-electron chi connectivity index (χ4n) is 3.30. The van der Waals surface area contributed by atoms with E-state index < -0.39 is 5.60 Å². The number of nitrogens with zero attached hydrogens (tertiary/aromatic N) is 1. The fraction of sp³-hybridized carbons (Fsp3) is 0.938. The van der Waals surface area contributed by atoms with Crippen molar-refractivity contribution in [2.75, 3.05) is 19.7 Å². The molecule has 3 N–H and O–H groups in total. The second-order valence-electron chi connectivity index (χ2n) is 7.46. The Balaban J connectivity index is 1.78. The molecule has 0 bridgehead atoms. The first-order valence-electron chi connectivity index (χ1n) is 8.44. The predicted molar refractivity (Wildman–Crippen MR) is 85.2 cm³/mol. The molecule has 0 radical (unpaired) electrons. The molecule has 0 spiro atoms. The van der Waals surface area contributed by atoms with Gasteiger partial charge in [0.25, 0.3) is 0 Å². The minimum Gasteiger partial charge on any atom is -0.444 e. The van der Waals surface area contributed by atoms with Crippen molar-refractivity contribution in [3.63, 3.8) is 0 Å². The van der Waals surface area contributed by atoms with Gasteiger partial charge in [-0.05, 0) is 58.8 Å². The molecule has 2 aliphatic heterocycles. The number of rotatable bonds is 5. The van der Waals surface area contributed by atoms with E-state index in [4.69, 9.17) is 15.3 Å². The van der Waals surface area contributed by atoms with Crippen LogP contribution in [0, 0.1) is 5.92 Å². The number of carbonyl (C=O) groups is 1. The molecule has 0 aliphatic carbocycles. The second kappa shape index (κ2) is 7.62. The van der Waals surface area contributed by atoms with Crippen LogP contribution in [0.15, 0.2) is 0 Å². The van der Waals surface area contributed by atoms with Gasteiger partial charge in [-0.15, -0.1) is 0 Å². The van der Waals surface area contributed by atoms with Gasteiger partial charge in [0.1, 0.15) is 5.60 Å². The molecule has 0 aromatic carbocycles. The van der Waals surface area contributed by atoms with Gasteiger partial charge in [0.15, 0.2) is 0 Å². The number of hydrogen-bond donors (Lipinski definition) is 2. The SMILES string of the molecule is CC(C)(C)OC(=O)N1CCC(C(CCC2CCCO2)NN)C1. The van der Waals surface area contributed by atoms with Gasteiger partial charge in [-0.3, -0.25) is 11.3 Å². The van der Waals surface area contributed by atoms with Crippen molar-refractivity contribution in [2.45, 2.75) is 70.6 Å². The molecule has 2 rings (SSSR count). The predicted octanol–water partition coefficient (Wildman–Crippen LogP) is 2.03. The number of hydrazine groups is 1. The third-order valence-corrected chi connectivity index (χ3v) is 4.48. The number of carbonyl (C=O) groups excluding carboxylic acids is 1. The first kappa shape index (κ1) is 17.5. The summed E-state index contributed by atoms with van der Waals surface area (Å²) in [5.41, 5.74) is 2.50. The van der Waals surface area contributed by atoms with Crippen LogP contribution < -0.4 is 11.3 Å². The Morgan fingerprint density at radius 1 is 1.45 bits per heavy atom. The van der Waals surface area contributed by atoms with Gasteiger partial charge in [-0.1, -0.05) is 0 Å². The molecule has 0 aromatic heterocycles. The monoisotopic (exact) mass is 313 g/mol. The van der Waals surface area contributed by atoms with Crippen molar-refractivity contribution in [2.24, 2.45) is 11.8 Å². The van der Waals surface area contributed by atoms with Crippen LogP contribution in [-0.2, 0) is 9.47 Å². The number of nitrogens with one attached hydrogen (secondary N) is 1. The fourth-order valence-corrected chi connectivity index (χ4v) is 3.30. The maximum Gasteiger partial charge on any atom is 0.410 e. The molecule has 22 heavy (non-hydrogen) atoms. The summed E-state index contributed by atoms with van der Waals surface area (Å²) in [5, 5.41) is 0. The summed E-state index contributed by atoms with van der Waals surface area (Å²) in [5.74, 6) is 6.12. The Morgan fingerprint density at radius 3 is 2.82 bits per heavy atom. The van der Waals surface area contributed by atoms with Gasteiger partial charge in [0.2, 0.25) is 0 Å². The Labute approximate surface area is 133 Å². The molecular weight excluding hydrogens is 282 g/mol. The molecule has 2 fully saturated rings. The summed E-state index contributed by atoms with van der Waals surface area (Å²) >= 11 is 0. The van der Waals surface area contributed by atoms with Gasteiger partial charge in [0, 0.05) is 25.7 Å². The van der Waals surface area contributed by atoms with Crippen LogP contribution in [0.3, 0.4) is 0 Å². The third-order valence-electron chi connectivity index (χ3n) is 4.48. The number of amides is 1.